The van der Waals surface area contributed by atoms with Gasteiger partial charge in [0.2, 0.25) is 5.91 Å². The minimum atomic E-state index is -0.406. The Labute approximate surface area is 218 Å². The number of rotatable bonds is 26. The normalized spacial score (nSPS) is 15.5. The molecule has 1 aliphatic rings. The molecule has 4 nitrogen and oxygen atoms in total. The number of ether oxygens (including phenoxy) is 1. The van der Waals surface area contributed by atoms with Crippen LogP contribution in [0.3, 0.4) is 0 Å². The maximum Gasteiger partial charge on any atom is 0.328 e. The molecule has 1 fully saturated rings. The highest BCUT2D eigenvalue weighted by Crippen LogP contribution is 2.16. The second-order valence-electron chi connectivity index (χ2n) is 11.0. The Balaban J connectivity index is 1.66. The molecule has 4 heteroatoms. The minimum Gasteiger partial charge on any atom is -0.464 e. The number of nitrogens with one attached hydrogen (secondary N) is 1. The van der Waals surface area contributed by atoms with Gasteiger partial charge in [-0.05, 0) is 12.8 Å². The fourth-order valence-corrected chi connectivity index (χ4v) is 5.13. The van der Waals surface area contributed by atoms with Crippen LogP contribution in [0, 0.1) is 0 Å². The first-order valence-electron chi connectivity index (χ1n) is 15.7. The van der Waals surface area contributed by atoms with Gasteiger partial charge in [-0.25, -0.2) is 4.79 Å². The molecule has 0 aliphatic carbocycles. The van der Waals surface area contributed by atoms with E-state index >= 15 is 0 Å². The second-order valence-corrected chi connectivity index (χ2v) is 11.0. The molecule has 1 unspecified atom stereocenters. The number of carbonyl (C=O) groups is 2. The summed E-state index contributed by atoms with van der Waals surface area (Å²) in [6.45, 7) is 2.78. The van der Waals surface area contributed by atoms with Crippen molar-refractivity contribution in [2.24, 2.45) is 0 Å². The molecule has 1 amide bonds. The first-order valence-corrected chi connectivity index (χ1v) is 15.7. The Kier molecular flexibility index (Phi) is 22.5. The SMILES string of the molecule is CCCCCCCCCCCCCCCCCCCCCCCCCCOC(=O)C1CCC(=O)N1. The Morgan fingerprint density at radius 3 is 1.29 bits per heavy atom. The third-order valence-corrected chi connectivity index (χ3v) is 7.52. The molecule has 0 spiro atoms. The molecule has 0 aromatic heterocycles. The largest absolute Gasteiger partial charge is 0.464 e. The van der Waals surface area contributed by atoms with Gasteiger partial charge in [0.25, 0.3) is 0 Å². The Morgan fingerprint density at radius 2 is 0.971 bits per heavy atom. The predicted molar refractivity (Wildman–Crippen MR) is 149 cm³/mol. The van der Waals surface area contributed by atoms with Gasteiger partial charge in [0, 0.05) is 6.42 Å². The summed E-state index contributed by atoms with van der Waals surface area (Å²) < 4.78 is 5.27. The topological polar surface area (TPSA) is 55.4 Å². The molecular weight excluding hydrogens is 434 g/mol. The Morgan fingerprint density at radius 1 is 0.629 bits per heavy atom. The summed E-state index contributed by atoms with van der Waals surface area (Å²) in [7, 11) is 0. The van der Waals surface area contributed by atoms with Crippen molar-refractivity contribution in [3.05, 3.63) is 0 Å². The van der Waals surface area contributed by atoms with Crippen molar-refractivity contribution in [3.63, 3.8) is 0 Å². The molecule has 1 saturated heterocycles. The number of unbranched alkanes of at least 4 members (excludes halogenated alkanes) is 23. The smallest absolute Gasteiger partial charge is 0.328 e. The molecule has 35 heavy (non-hydrogen) atoms. The van der Waals surface area contributed by atoms with Crippen molar-refractivity contribution in [1.29, 1.82) is 0 Å². The molecule has 1 rings (SSSR count). The first kappa shape index (κ1) is 32.0. The van der Waals surface area contributed by atoms with Crippen LogP contribution in [-0.2, 0) is 14.3 Å². The third kappa shape index (κ3) is 20.8. The highest BCUT2D eigenvalue weighted by Gasteiger charge is 2.28. The lowest BCUT2D eigenvalue weighted by atomic mass is 10.0. The second kappa shape index (κ2) is 24.6. The summed E-state index contributed by atoms with van der Waals surface area (Å²) in [5.74, 6) is -0.299. The zero-order valence-electron chi connectivity index (χ0n) is 23.4. The van der Waals surface area contributed by atoms with E-state index in [1.165, 1.54) is 141 Å². The summed E-state index contributed by atoms with van der Waals surface area (Å²) in [6.07, 6.45) is 34.2. The van der Waals surface area contributed by atoms with Crippen molar-refractivity contribution in [2.75, 3.05) is 6.61 Å². The lowest BCUT2D eigenvalue weighted by Crippen LogP contribution is -2.34. The van der Waals surface area contributed by atoms with Gasteiger partial charge in [0.1, 0.15) is 6.04 Å². The minimum absolute atomic E-state index is 0.0400. The zero-order chi connectivity index (χ0) is 25.2. The summed E-state index contributed by atoms with van der Waals surface area (Å²) in [6, 6.07) is -0.406. The molecule has 1 heterocycles. The standard InChI is InChI=1S/C31H59NO3/c1-2-3-4-5-6-7-8-9-10-11-12-13-14-15-16-17-18-19-20-21-22-23-24-25-28-35-31(34)29-26-27-30(33)32-29/h29H,2-28H2,1H3,(H,32,33). The lowest BCUT2D eigenvalue weighted by molar-refractivity contribution is -0.146. The van der Waals surface area contributed by atoms with Crippen molar-refractivity contribution in [2.45, 2.75) is 180 Å². The van der Waals surface area contributed by atoms with E-state index in [1.807, 2.05) is 0 Å². The molecular formula is C31H59NO3. The molecule has 1 atom stereocenters. The van der Waals surface area contributed by atoms with E-state index in [-0.39, 0.29) is 11.9 Å². The maximum atomic E-state index is 11.8. The van der Waals surface area contributed by atoms with Crippen LogP contribution in [0.5, 0.6) is 0 Å². The van der Waals surface area contributed by atoms with Crippen LogP contribution in [0.25, 0.3) is 0 Å². The van der Waals surface area contributed by atoms with Crippen molar-refractivity contribution in [3.8, 4) is 0 Å². The van der Waals surface area contributed by atoms with Gasteiger partial charge in [-0.1, -0.05) is 155 Å². The average molecular weight is 494 g/mol. The van der Waals surface area contributed by atoms with Crippen LogP contribution in [0.2, 0.25) is 0 Å². The quantitative estimate of drug-likeness (QED) is 0.0965. The number of carbonyl (C=O) groups excluding carboxylic acids is 2. The predicted octanol–water partition coefficient (Wildman–Crippen LogP) is 9.19. The molecule has 0 aromatic rings. The van der Waals surface area contributed by atoms with Crippen molar-refractivity contribution in [1.82, 2.24) is 5.32 Å². The van der Waals surface area contributed by atoms with E-state index in [0.717, 1.165) is 12.8 Å². The zero-order valence-corrected chi connectivity index (χ0v) is 23.4. The lowest BCUT2D eigenvalue weighted by Gasteiger charge is -2.09. The average Bonchev–Trinajstić information content (AvgIpc) is 3.30. The van der Waals surface area contributed by atoms with E-state index in [9.17, 15) is 9.59 Å². The molecule has 0 saturated carbocycles. The van der Waals surface area contributed by atoms with Crippen LogP contribution in [0.1, 0.15) is 174 Å². The summed E-state index contributed by atoms with van der Waals surface area (Å²) in [5.41, 5.74) is 0. The van der Waals surface area contributed by atoms with Crippen LogP contribution in [0.15, 0.2) is 0 Å². The molecule has 0 aromatic carbocycles. The molecule has 1 N–H and O–H groups in total. The van der Waals surface area contributed by atoms with Crippen molar-refractivity contribution >= 4 is 11.9 Å². The van der Waals surface area contributed by atoms with E-state index in [4.69, 9.17) is 4.74 Å². The van der Waals surface area contributed by atoms with Crippen LogP contribution in [-0.4, -0.2) is 24.5 Å². The van der Waals surface area contributed by atoms with Gasteiger partial charge in [0.15, 0.2) is 0 Å². The van der Waals surface area contributed by atoms with Gasteiger partial charge in [0.05, 0.1) is 6.61 Å². The molecule has 0 bridgehead atoms. The van der Waals surface area contributed by atoms with E-state index < -0.39 is 6.04 Å². The van der Waals surface area contributed by atoms with Gasteiger partial charge in [-0.2, -0.15) is 0 Å². The molecule has 206 valence electrons. The monoisotopic (exact) mass is 493 g/mol. The third-order valence-electron chi connectivity index (χ3n) is 7.52. The number of hydrogen-bond donors (Lipinski definition) is 1. The van der Waals surface area contributed by atoms with E-state index in [2.05, 4.69) is 12.2 Å². The number of hydrogen-bond acceptors (Lipinski definition) is 3. The van der Waals surface area contributed by atoms with Crippen LogP contribution in [0.4, 0.5) is 0 Å². The van der Waals surface area contributed by atoms with Gasteiger partial charge in [-0.3, -0.25) is 4.79 Å². The summed E-state index contributed by atoms with van der Waals surface area (Å²) in [4.78, 5) is 22.9. The number of amides is 1. The van der Waals surface area contributed by atoms with Gasteiger partial charge >= 0.3 is 5.97 Å². The summed E-state index contributed by atoms with van der Waals surface area (Å²) in [5, 5.41) is 2.66. The van der Waals surface area contributed by atoms with Crippen LogP contribution >= 0.6 is 0 Å². The number of esters is 1. The fourth-order valence-electron chi connectivity index (χ4n) is 5.13. The van der Waals surface area contributed by atoms with E-state index in [0.29, 0.717) is 19.4 Å². The van der Waals surface area contributed by atoms with Crippen LogP contribution < -0.4 is 5.32 Å². The maximum absolute atomic E-state index is 11.8. The molecule has 1 aliphatic heterocycles. The summed E-state index contributed by atoms with van der Waals surface area (Å²) >= 11 is 0. The Hall–Kier alpha value is -1.06. The van der Waals surface area contributed by atoms with Gasteiger partial charge < -0.3 is 10.1 Å². The van der Waals surface area contributed by atoms with Gasteiger partial charge in [-0.15, -0.1) is 0 Å². The van der Waals surface area contributed by atoms with E-state index in [1.54, 1.807) is 0 Å². The first-order chi connectivity index (χ1) is 17.2. The Bertz CT molecular complexity index is 494. The highest BCUT2D eigenvalue weighted by molar-refractivity contribution is 5.87. The fraction of sp³-hybridized carbons (Fsp3) is 0.935. The van der Waals surface area contributed by atoms with Crippen molar-refractivity contribution < 1.29 is 14.3 Å². The molecule has 0 radical (unpaired) electrons. The highest BCUT2D eigenvalue weighted by atomic mass is 16.5.